The summed E-state index contributed by atoms with van der Waals surface area (Å²) >= 11 is 3.21. The summed E-state index contributed by atoms with van der Waals surface area (Å²) in [6.45, 7) is 4.05. The fourth-order valence-corrected chi connectivity index (χ4v) is 4.03. The Labute approximate surface area is 113 Å². The van der Waals surface area contributed by atoms with Crippen LogP contribution in [0.5, 0.6) is 0 Å². The smallest absolute Gasteiger partial charge is 0.327 e. The van der Waals surface area contributed by atoms with Crippen LogP contribution in [-0.2, 0) is 7.05 Å². The molecule has 0 radical (unpaired) electrons. The molecule has 0 aliphatic rings. The van der Waals surface area contributed by atoms with Crippen molar-refractivity contribution in [3.63, 3.8) is 0 Å². The van der Waals surface area contributed by atoms with Gasteiger partial charge in [-0.3, -0.25) is 4.57 Å². The molecule has 2 rings (SSSR count). The molecule has 2 aromatic heterocycles. The van der Waals surface area contributed by atoms with Crippen molar-refractivity contribution in [3.8, 4) is 0 Å². The Morgan fingerprint density at radius 3 is 2.78 bits per heavy atom. The SMILES string of the molecule is Cc1ccsc1C(Sc1n[nH]c(=O)n1C)C(C)N. The van der Waals surface area contributed by atoms with E-state index >= 15 is 0 Å². The first-order valence-electron chi connectivity index (χ1n) is 5.58. The maximum atomic E-state index is 11.3. The van der Waals surface area contributed by atoms with Gasteiger partial charge in [0.15, 0.2) is 5.16 Å². The number of thiophene rings is 1. The van der Waals surface area contributed by atoms with Crippen molar-refractivity contribution < 1.29 is 0 Å². The maximum Gasteiger partial charge on any atom is 0.343 e. The number of H-pyrrole nitrogens is 1. The van der Waals surface area contributed by atoms with Gasteiger partial charge < -0.3 is 5.73 Å². The molecule has 0 saturated carbocycles. The summed E-state index contributed by atoms with van der Waals surface area (Å²) < 4.78 is 1.50. The van der Waals surface area contributed by atoms with Crippen LogP contribution in [0.2, 0.25) is 0 Å². The Morgan fingerprint density at radius 2 is 2.33 bits per heavy atom. The first kappa shape index (κ1) is 13.4. The van der Waals surface area contributed by atoms with Crippen LogP contribution in [0, 0.1) is 6.92 Å². The number of rotatable bonds is 4. The van der Waals surface area contributed by atoms with E-state index in [1.807, 2.05) is 6.92 Å². The minimum atomic E-state index is -0.205. The van der Waals surface area contributed by atoms with Crippen LogP contribution in [0.15, 0.2) is 21.4 Å². The molecule has 0 amide bonds. The molecule has 0 aliphatic heterocycles. The number of aromatic nitrogens is 3. The van der Waals surface area contributed by atoms with Gasteiger partial charge in [-0.05, 0) is 30.9 Å². The van der Waals surface area contributed by atoms with Gasteiger partial charge in [-0.2, -0.15) is 0 Å². The predicted octanol–water partition coefficient (Wildman–Crippen LogP) is 1.66. The van der Waals surface area contributed by atoms with E-state index in [1.165, 1.54) is 26.8 Å². The molecule has 2 atom stereocenters. The molecule has 2 heterocycles. The number of nitrogens with zero attached hydrogens (tertiary/aromatic N) is 2. The molecule has 0 aromatic carbocycles. The molecule has 98 valence electrons. The molecule has 7 heteroatoms. The second kappa shape index (κ2) is 5.29. The number of aromatic amines is 1. The van der Waals surface area contributed by atoms with Crippen LogP contribution >= 0.6 is 23.1 Å². The second-order valence-corrected chi connectivity index (χ2v) is 6.29. The normalized spacial score (nSPS) is 14.7. The largest absolute Gasteiger partial charge is 0.343 e. The monoisotopic (exact) mass is 284 g/mol. The van der Waals surface area contributed by atoms with Crippen LogP contribution in [0.25, 0.3) is 0 Å². The molecule has 0 aliphatic carbocycles. The van der Waals surface area contributed by atoms with Crippen LogP contribution in [-0.4, -0.2) is 20.8 Å². The number of nitrogens with one attached hydrogen (secondary N) is 1. The summed E-state index contributed by atoms with van der Waals surface area (Å²) in [6.07, 6.45) is 0. The average Bonchev–Trinajstić information content (AvgIpc) is 2.85. The summed E-state index contributed by atoms with van der Waals surface area (Å²) in [7, 11) is 1.70. The van der Waals surface area contributed by atoms with E-state index < -0.39 is 0 Å². The van der Waals surface area contributed by atoms with Crippen LogP contribution in [0.4, 0.5) is 0 Å². The van der Waals surface area contributed by atoms with Crippen molar-refractivity contribution in [2.24, 2.45) is 12.8 Å². The van der Waals surface area contributed by atoms with Crippen molar-refractivity contribution in [2.45, 2.75) is 30.3 Å². The zero-order valence-corrected chi connectivity index (χ0v) is 12.1. The zero-order valence-electron chi connectivity index (χ0n) is 10.5. The lowest BCUT2D eigenvalue weighted by Crippen LogP contribution is -2.23. The van der Waals surface area contributed by atoms with Gasteiger partial charge in [0.25, 0.3) is 0 Å². The Hall–Kier alpha value is -1.05. The molecule has 3 N–H and O–H groups in total. The summed E-state index contributed by atoms with van der Waals surface area (Å²) in [6, 6.07) is 2.07. The molecule has 0 fully saturated rings. The molecule has 5 nitrogen and oxygen atoms in total. The molecule has 2 unspecified atom stereocenters. The highest BCUT2D eigenvalue weighted by atomic mass is 32.2. The molecule has 0 spiro atoms. The first-order chi connectivity index (χ1) is 8.50. The maximum absolute atomic E-state index is 11.3. The Kier molecular flexibility index (Phi) is 3.94. The van der Waals surface area contributed by atoms with Gasteiger partial charge >= 0.3 is 5.69 Å². The standard InChI is InChI=1S/C11H16N4OS2/c1-6-4-5-17-8(6)9(7(2)12)18-11-14-13-10(16)15(11)3/h4-5,7,9H,12H2,1-3H3,(H,13,16). The lowest BCUT2D eigenvalue weighted by Gasteiger charge is -2.19. The van der Waals surface area contributed by atoms with Crippen LogP contribution < -0.4 is 11.4 Å². The fourth-order valence-electron chi connectivity index (χ4n) is 1.63. The van der Waals surface area contributed by atoms with E-state index in [1.54, 1.807) is 18.4 Å². The summed E-state index contributed by atoms with van der Waals surface area (Å²) in [5.74, 6) is 0. The van der Waals surface area contributed by atoms with Gasteiger partial charge in [0, 0.05) is 18.0 Å². The first-order valence-corrected chi connectivity index (χ1v) is 7.34. The number of hydrogen-bond donors (Lipinski definition) is 2. The van der Waals surface area contributed by atoms with Gasteiger partial charge in [-0.1, -0.05) is 11.8 Å². The molecular weight excluding hydrogens is 268 g/mol. The summed E-state index contributed by atoms with van der Waals surface area (Å²) in [5, 5.41) is 9.29. The van der Waals surface area contributed by atoms with Gasteiger partial charge in [0.2, 0.25) is 0 Å². The quantitative estimate of drug-likeness (QED) is 0.837. The third-order valence-corrected chi connectivity index (χ3v) is 5.45. The Bertz CT molecular complexity index is 584. The minimum Gasteiger partial charge on any atom is -0.327 e. The molecule has 0 bridgehead atoms. The van der Waals surface area contributed by atoms with Crippen molar-refractivity contribution in [1.82, 2.24) is 14.8 Å². The van der Waals surface area contributed by atoms with E-state index in [-0.39, 0.29) is 17.0 Å². The molecular formula is C11H16N4OS2. The third-order valence-electron chi connectivity index (χ3n) is 2.71. The van der Waals surface area contributed by atoms with Crippen molar-refractivity contribution in [2.75, 3.05) is 0 Å². The van der Waals surface area contributed by atoms with Crippen LogP contribution in [0.1, 0.15) is 22.6 Å². The van der Waals surface area contributed by atoms with E-state index in [2.05, 4.69) is 28.6 Å². The van der Waals surface area contributed by atoms with Crippen LogP contribution in [0.3, 0.4) is 0 Å². The van der Waals surface area contributed by atoms with Gasteiger partial charge in [0.1, 0.15) is 0 Å². The highest BCUT2D eigenvalue weighted by Crippen LogP contribution is 2.39. The highest BCUT2D eigenvalue weighted by Gasteiger charge is 2.23. The van der Waals surface area contributed by atoms with E-state index in [4.69, 9.17) is 5.73 Å². The van der Waals surface area contributed by atoms with E-state index in [9.17, 15) is 4.79 Å². The molecule has 18 heavy (non-hydrogen) atoms. The predicted molar refractivity (Wildman–Crippen MR) is 75.1 cm³/mol. The third kappa shape index (κ3) is 2.52. The highest BCUT2D eigenvalue weighted by molar-refractivity contribution is 7.99. The number of thioether (sulfide) groups is 1. The van der Waals surface area contributed by atoms with Crippen molar-refractivity contribution >= 4 is 23.1 Å². The van der Waals surface area contributed by atoms with Crippen molar-refractivity contribution in [3.05, 3.63) is 32.4 Å². The Balaban J connectivity index is 2.31. The lowest BCUT2D eigenvalue weighted by molar-refractivity contribution is 0.711. The van der Waals surface area contributed by atoms with Gasteiger partial charge in [0.05, 0.1) is 5.25 Å². The lowest BCUT2D eigenvalue weighted by atomic mass is 10.1. The topological polar surface area (TPSA) is 76.7 Å². The fraction of sp³-hybridized carbons (Fsp3) is 0.455. The average molecular weight is 284 g/mol. The van der Waals surface area contributed by atoms with E-state index in [0.717, 1.165) is 0 Å². The van der Waals surface area contributed by atoms with Gasteiger partial charge in [-0.25, -0.2) is 9.89 Å². The minimum absolute atomic E-state index is 0.0147. The van der Waals surface area contributed by atoms with E-state index in [0.29, 0.717) is 5.16 Å². The number of hydrogen-bond acceptors (Lipinski definition) is 5. The van der Waals surface area contributed by atoms with Gasteiger partial charge in [-0.15, -0.1) is 16.4 Å². The summed E-state index contributed by atoms with van der Waals surface area (Å²) in [4.78, 5) is 12.6. The van der Waals surface area contributed by atoms with Crippen molar-refractivity contribution in [1.29, 1.82) is 0 Å². The molecule has 0 saturated heterocycles. The zero-order chi connectivity index (χ0) is 13.3. The Morgan fingerprint density at radius 1 is 1.61 bits per heavy atom. The summed E-state index contributed by atoms with van der Waals surface area (Å²) in [5.41, 5.74) is 7.09. The molecule has 2 aromatic rings. The number of nitrogens with two attached hydrogens (primary N) is 1. The second-order valence-electron chi connectivity index (χ2n) is 4.24. The number of aryl methyl sites for hydroxylation is 1.